The van der Waals surface area contributed by atoms with Gasteiger partial charge in [-0.1, -0.05) is 24.3 Å². The molecular weight excluding hydrogens is 380 g/mol. The number of Topliss-reactive ketones (excluding diaryl/α,β-unsaturated/α-hetero) is 1. The number of H-pyrrole nitrogens is 1. The number of aromatic nitrogens is 2. The van der Waals surface area contributed by atoms with E-state index in [-0.39, 0.29) is 11.3 Å². The molecule has 1 fully saturated rings. The van der Waals surface area contributed by atoms with Gasteiger partial charge in [-0.05, 0) is 45.3 Å². The lowest BCUT2D eigenvalue weighted by Gasteiger charge is -2.25. The maximum atomic E-state index is 13.0. The Morgan fingerprint density at radius 2 is 1.93 bits per heavy atom. The van der Waals surface area contributed by atoms with E-state index in [1.807, 2.05) is 49.3 Å². The average molecular weight is 404 g/mol. The van der Waals surface area contributed by atoms with Crippen LogP contribution in [0.3, 0.4) is 0 Å². The topological polar surface area (TPSA) is 89.5 Å². The van der Waals surface area contributed by atoms with Gasteiger partial charge in [0, 0.05) is 35.4 Å². The number of aliphatic hydroxyl groups is 1. The summed E-state index contributed by atoms with van der Waals surface area (Å²) in [6.45, 7) is 1.18. The first-order valence-electron chi connectivity index (χ1n) is 9.89. The largest absolute Gasteiger partial charge is 0.507 e. The third kappa shape index (κ3) is 3.48. The van der Waals surface area contributed by atoms with E-state index >= 15 is 0 Å². The predicted molar refractivity (Wildman–Crippen MR) is 115 cm³/mol. The summed E-state index contributed by atoms with van der Waals surface area (Å²) in [6.07, 6.45) is 3.99. The van der Waals surface area contributed by atoms with Gasteiger partial charge >= 0.3 is 0 Å². The number of carbonyl (C=O) groups is 2. The Bertz CT molecular complexity index is 1120. The minimum atomic E-state index is -0.720. The number of aromatic amines is 1. The molecule has 2 N–H and O–H groups in total. The summed E-state index contributed by atoms with van der Waals surface area (Å²) >= 11 is 0. The number of aliphatic hydroxyl groups excluding tert-OH is 1. The van der Waals surface area contributed by atoms with E-state index in [1.165, 1.54) is 4.90 Å². The van der Waals surface area contributed by atoms with Crippen molar-refractivity contribution in [3.63, 3.8) is 0 Å². The lowest BCUT2D eigenvalue weighted by molar-refractivity contribution is -0.140. The molecule has 1 atom stereocenters. The molecule has 4 rings (SSSR count). The van der Waals surface area contributed by atoms with E-state index < -0.39 is 17.7 Å². The summed E-state index contributed by atoms with van der Waals surface area (Å²) in [5.41, 5.74) is 1.97. The first-order chi connectivity index (χ1) is 14.5. The van der Waals surface area contributed by atoms with Gasteiger partial charge in [-0.25, -0.2) is 0 Å². The highest BCUT2D eigenvalue weighted by atomic mass is 16.3. The lowest BCUT2D eigenvalue weighted by atomic mass is 9.98. The molecule has 3 aromatic rings. The van der Waals surface area contributed by atoms with Crippen LogP contribution in [0, 0.1) is 0 Å². The van der Waals surface area contributed by atoms with E-state index in [1.54, 1.807) is 24.5 Å². The number of fused-ring (bicyclic) bond motifs is 1. The van der Waals surface area contributed by atoms with Crippen LogP contribution in [0.5, 0.6) is 0 Å². The van der Waals surface area contributed by atoms with E-state index in [9.17, 15) is 14.7 Å². The van der Waals surface area contributed by atoms with Gasteiger partial charge in [0.25, 0.3) is 11.7 Å². The Hall–Kier alpha value is -3.45. The molecule has 0 radical (unpaired) electrons. The molecular formula is C23H24N4O3. The molecule has 1 saturated heterocycles. The molecule has 0 bridgehead atoms. The summed E-state index contributed by atoms with van der Waals surface area (Å²) in [6, 6.07) is 12.2. The van der Waals surface area contributed by atoms with Gasteiger partial charge in [0.2, 0.25) is 0 Å². The Kier molecular flexibility index (Phi) is 5.37. The maximum absolute atomic E-state index is 13.0. The van der Waals surface area contributed by atoms with Gasteiger partial charge in [-0.15, -0.1) is 0 Å². The van der Waals surface area contributed by atoms with Gasteiger partial charge < -0.3 is 19.9 Å². The number of pyridine rings is 1. The monoisotopic (exact) mass is 404 g/mol. The fourth-order valence-corrected chi connectivity index (χ4v) is 3.93. The molecule has 154 valence electrons. The van der Waals surface area contributed by atoms with Crippen molar-refractivity contribution in [3.05, 3.63) is 71.7 Å². The summed E-state index contributed by atoms with van der Waals surface area (Å²) in [5.74, 6) is -1.47. The highest BCUT2D eigenvalue weighted by Crippen LogP contribution is 2.39. The fourth-order valence-electron chi connectivity index (χ4n) is 3.93. The normalized spacial score (nSPS) is 18.6. The Morgan fingerprint density at radius 1 is 1.17 bits per heavy atom. The molecule has 7 nitrogen and oxygen atoms in total. The number of nitrogens with one attached hydrogen (secondary N) is 1. The summed E-state index contributed by atoms with van der Waals surface area (Å²) in [7, 11) is 3.92. The Labute approximate surface area is 174 Å². The summed E-state index contributed by atoms with van der Waals surface area (Å²) < 4.78 is 0. The van der Waals surface area contributed by atoms with Crippen LogP contribution in [0.4, 0.5) is 0 Å². The fraction of sp³-hybridized carbons (Fsp3) is 0.261. The second-order valence-corrected chi connectivity index (χ2v) is 7.65. The van der Waals surface area contributed by atoms with Gasteiger partial charge in [0.05, 0.1) is 11.3 Å². The average Bonchev–Trinajstić information content (AvgIpc) is 3.28. The van der Waals surface area contributed by atoms with Gasteiger partial charge in [0.15, 0.2) is 0 Å². The molecule has 7 heteroatoms. The van der Waals surface area contributed by atoms with E-state index in [0.717, 1.165) is 17.4 Å². The molecule has 0 aliphatic carbocycles. The number of nitrogens with zero attached hydrogens (tertiary/aromatic N) is 3. The van der Waals surface area contributed by atoms with Crippen molar-refractivity contribution in [3.8, 4) is 0 Å². The van der Waals surface area contributed by atoms with Crippen LogP contribution in [0.2, 0.25) is 0 Å². The highest BCUT2D eigenvalue weighted by molar-refractivity contribution is 6.46. The zero-order chi connectivity index (χ0) is 21.3. The SMILES string of the molecule is CN(C)CCCN1C(=O)C(=O)/C(=C(/O)c2c[nH]c3ccccc23)[C@@H]1c1ccccn1. The van der Waals surface area contributed by atoms with Gasteiger partial charge in [0.1, 0.15) is 11.8 Å². The van der Waals surface area contributed by atoms with Gasteiger partial charge in [-0.3, -0.25) is 14.6 Å². The van der Waals surface area contributed by atoms with Crippen molar-refractivity contribution in [2.45, 2.75) is 12.5 Å². The molecule has 1 aliphatic heterocycles. The van der Waals surface area contributed by atoms with Crippen molar-refractivity contribution in [1.29, 1.82) is 0 Å². The van der Waals surface area contributed by atoms with Crippen LogP contribution < -0.4 is 0 Å². The van der Waals surface area contributed by atoms with Crippen LogP contribution in [-0.4, -0.2) is 63.7 Å². The smallest absolute Gasteiger partial charge is 0.295 e. The predicted octanol–water partition coefficient (Wildman–Crippen LogP) is 2.94. The standard InChI is InChI=1S/C23H24N4O3/c1-26(2)12-7-13-27-20(18-10-5-6-11-24-18)19(22(29)23(27)30)21(28)16-14-25-17-9-4-3-8-15(16)17/h3-6,8-11,14,20,25,28H,7,12-13H2,1-2H3/b21-19+/t20-/m0/s1. The number of para-hydroxylation sites is 1. The number of hydrogen-bond acceptors (Lipinski definition) is 5. The van der Waals surface area contributed by atoms with Crippen LogP contribution >= 0.6 is 0 Å². The Morgan fingerprint density at radius 3 is 2.67 bits per heavy atom. The molecule has 2 aromatic heterocycles. The van der Waals surface area contributed by atoms with Crippen LogP contribution in [0.25, 0.3) is 16.7 Å². The number of amides is 1. The summed E-state index contributed by atoms with van der Waals surface area (Å²) in [4.78, 5) is 37.0. The zero-order valence-corrected chi connectivity index (χ0v) is 17.0. The second-order valence-electron chi connectivity index (χ2n) is 7.65. The number of likely N-dealkylation sites (tertiary alicyclic amines) is 1. The molecule has 1 aromatic carbocycles. The zero-order valence-electron chi connectivity index (χ0n) is 17.0. The Balaban J connectivity index is 1.83. The van der Waals surface area contributed by atoms with Crippen LogP contribution in [0.15, 0.2) is 60.4 Å². The quantitative estimate of drug-likeness (QED) is 0.375. The molecule has 1 aliphatic rings. The molecule has 0 unspecified atom stereocenters. The maximum Gasteiger partial charge on any atom is 0.295 e. The lowest BCUT2D eigenvalue weighted by Crippen LogP contribution is -2.32. The number of benzene rings is 1. The van der Waals surface area contributed by atoms with Crippen molar-refractivity contribution in [1.82, 2.24) is 19.8 Å². The van der Waals surface area contributed by atoms with Crippen molar-refractivity contribution in [2.24, 2.45) is 0 Å². The molecule has 0 spiro atoms. The second kappa shape index (κ2) is 8.12. The molecule has 1 amide bonds. The third-order valence-electron chi connectivity index (χ3n) is 5.36. The van der Waals surface area contributed by atoms with E-state index in [4.69, 9.17) is 0 Å². The first kappa shape index (κ1) is 19.8. The van der Waals surface area contributed by atoms with Crippen molar-refractivity contribution >= 4 is 28.4 Å². The molecule has 0 saturated carbocycles. The molecule has 3 heterocycles. The van der Waals surface area contributed by atoms with E-state index in [0.29, 0.717) is 24.2 Å². The van der Waals surface area contributed by atoms with Crippen LogP contribution in [-0.2, 0) is 9.59 Å². The van der Waals surface area contributed by atoms with E-state index in [2.05, 4.69) is 9.97 Å². The molecule has 30 heavy (non-hydrogen) atoms. The number of ketones is 1. The van der Waals surface area contributed by atoms with Crippen molar-refractivity contribution < 1.29 is 14.7 Å². The number of hydrogen-bond donors (Lipinski definition) is 2. The first-order valence-corrected chi connectivity index (χ1v) is 9.89. The summed E-state index contributed by atoms with van der Waals surface area (Å²) in [5, 5.41) is 12.0. The van der Waals surface area contributed by atoms with Crippen molar-refractivity contribution in [2.75, 3.05) is 27.2 Å². The van der Waals surface area contributed by atoms with Gasteiger partial charge in [-0.2, -0.15) is 0 Å². The minimum Gasteiger partial charge on any atom is -0.507 e. The number of carbonyl (C=O) groups excluding carboxylic acids is 2. The van der Waals surface area contributed by atoms with Crippen LogP contribution in [0.1, 0.15) is 23.7 Å². The number of rotatable bonds is 6. The third-order valence-corrected chi connectivity index (χ3v) is 5.36. The minimum absolute atomic E-state index is 0.0771. The highest BCUT2D eigenvalue weighted by Gasteiger charge is 2.46.